The molecule has 0 aliphatic carbocycles. The monoisotopic (exact) mass is 747 g/mol. The molecule has 5 nitrogen and oxygen atoms in total. The van der Waals surface area contributed by atoms with E-state index < -0.39 is 0 Å². The number of hydrogen-bond acceptors (Lipinski definition) is 6. The van der Waals surface area contributed by atoms with Crippen molar-refractivity contribution < 1.29 is 8.83 Å². The summed E-state index contributed by atoms with van der Waals surface area (Å²) >= 11 is 1.78. The van der Waals surface area contributed by atoms with E-state index in [9.17, 15) is 0 Å². The summed E-state index contributed by atoms with van der Waals surface area (Å²) in [6.07, 6.45) is 0. The summed E-state index contributed by atoms with van der Waals surface area (Å²) < 4.78 is 15.9. The van der Waals surface area contributed by atoms with Gasteiger partial charge in [0.1, 0.15) is 22.3 Å². The van der Waals surface area contributed by atoms with E-state index >= 15 is 0 Å². The zero-order chi connectivity index (χ0) is 37.5. The molecule has 0 aliphatic heterocycles. The summed E-state index contributed by atoms with van der Waals surface area (Å²) in [5.41, 5.74) is 10.2. The molecule has 0 aliphatic rings. The van der Waals surface area contributed by atoms with Gasteiger partial charge in [0, 0.05) is 58.4 Å². The molecule has 0 spiro atoms. The Balaban J connectivity index is 1.10. The molecule has 12 rings (SSSR count). The average molecular weight is 748 g/mol. The van der Waals surface area contributed by atoms with Crippen molar-refractivity contribution in [3.8, 4) is 56.4 Å². The normalized spacial score (nSPS) is 11.9. The van der Waals surface area contributed by atoms with Crippen LogP contribution in [0.2, 0.25) is 0 Å². The Morgan fingerprint density at radius 2 is 0.877 bits per heavy atom. The van der Waals surface area contributed by atoms with Crippen molar-refractivity contribution in [3.63, 3.8) is 0 Å². The Kier molecular flexibility index (Phi) is 7.03. The Hall–Kier alpha value is -7.41. The number of fused-ring (bicyclic) bond motifs is 9. The molecule has 0 amide bonds. The predicted molar refractivity (Wildman–Crippen MR) is 234 cm³/mol. The Morgan fingerprint density at radius 3 is 1.74 bits per heavy atom. The molecule has 8 aromatic carbocycles. The highest BCUT2D eigenvalue weighted by Crippen LogP contribution is 2.46. The third-order valence-electron chi connectivity index (χ3n) is 11.0. The van der Waals surface area contributed by atoms with Gasteiger partial charge in [0.25, 0.3) is 0 Å². The van der Waals surface area contributed by atoms with E-state index in [-0.39, 0.29) is 0 Å². The molecule has 0 saturated heterocycles. The van der Waals surface area contributed by atoms with Crippen LogP contribution in [0.3, 0.4) is 0 Å². The number of benzene rings is 8. The number of nitrogens with zero attached hydrogens (tertiary/aromatic N) is 3. The van der Waals surface area contributed by atoms with E-state index in [2.05, 4.69) is 121 Å². The smallest absolute Gasteiger partial charge is 0.167 e. The molecule has 4 aromatic heterocycles. The number of hydrogen-bond donors (Lipinski definition) is 0. The summed E-state index contributed by atoms with van der Waals surface area (Å²) in [5, 5.41) is 6.51. The minimum absolute atomic E-state index is 0.553. The molecule has 57 heavy (non-hydrogen) atoms. The number of aromatic nitrogens is 3. The summed E-state index contributed by atoms with van der Waals surface area (Å²) in [6, 6.07) is 60.7. The fourth-order valence-corrected chi connectivity index (χ4v) is 9.57. The summed E-state index contributed by atoms with van der Waals surface area (Å²) in [7, 11) is 0. The molecule has 0 saturated carbocycles. The first-order chi connectivity index (χ1) is 28.3. The molecule has 6 heteroatoms. The fourth-order valence-electron chi connectivity index (χ4n) is 8.44. The van der Waals surface area contributed by atoms with Crippen LogP contribution in [0, 0.1) is 0 Å². The van der Waals surface area contributed by atoms with Crippen LogP contribution in [0.25, 0.3) is 120 Å². The molecule has 266 valence electrons. The van der Waals surface area contributed by atoms with Crippen LogP contribution in [0.4, 0.5) is 0 Å². The fraction of sp³-hybridized carbons (Fsp3) is 0. The van der Waals surface area contributed by atoms with Crippen molar-refractivity contribution in [1.82, 2.24) is 15.0 Å². The third kappa shape index (κ3) is 4.98. The highest BCUT2D eigenvalue weighted by molar-refractivity contribution is 7.25. The molecule has 0 radical (unpaired) electrons. The molecule has 12 aromatic rings. The predicted octanol–water partition coefficient (Wildman–Crippen LogP) is 14.4. The van der Waals surface area contributed by atoms with Crippen LogP contribution in [0.5, 0.6) is 0 Å². The first-order valence-electron chi connectivity index (χ1n) is 18.9. The van der Waals surface area contributed by atoms with E-state index in [1.54, 1.807) is 11.3 Å². The van der Waals surface area contributed by atoms with Gasteiger partial charge in [0.15, 0.2) is 17.5 Å². The van der Waals surface area contributed by atoms with Gasteiger partial charge in [-0.25, -0.2) is 15.0 Å². The topological polar surface area (TPSA) is 65.0 Å². The zero-order valence-electron chi connectivity index (χ0n) is 30.3. The van der Waals surface area contributed by atoms with Crippen LogP contribution >= 0.6 is 11.3 Å². The van der Waals surface area contributed by atoms with Crippen molar-refractivity contribution >= 4 is 75.4 Å². The summed E-state index contributed by atoms with van der Waals surface area (Å²) in [4.78, 5) is 15.5. The van der Waals surface area contributed by atoms with E-state index in [0.29, 0.717) is 17.5 Å². The minimum Gasteiger partial charge on any atom is -0.455 e. The van der Waals surface area contributed by atoms with Crippen molar-refractivity contribution in [1.29, 1.82) is 0 Å². The maximum absolute atomic E-state index is 6.86. The Bertz CT molecular complexity index is 3530. The first-order valence-corrected chi connectivity index (χ1v) is 19.8. The highest BCUT2D eigenvalue weighted by atomic mass is 32.1. The number of furan rings is 2. The van der Waals surface area contributed by atoms with Gasteiger partial charge in [-0.1, -0.05) is 140 Å². The molecule has 0 bridgehead atoms. The van der Waals surface area contributed by atoms with E-state index in [1.165, 1.54) is 14.8 Å². The number of rotatable bonds is 5. The second-order valence-electron chi connectivity index (χ2n) is 14.2. The van der Waals surface area contributed by atoms with E-state index in [1.807, 2.05) is 54.6 Å². The van der Waals surface area contributed by atoms with Gasteiger partial charge in [-0.3, -0.25) is 0 Å². The molecular formula is C51H29N3O2S. The summed E-state index contributed by atoms with van der Waals surface area (Å²) in [6.45, 7) is 0. The molecule has 0 N–H and O–H groups in total. The standard InChI is InChI=1S/C51H29N3O2S/c1-3-14-30(15-4-1)32-28-29-34(46-35-18-7-9-24-40(35)55-48(32)46)33-20-12-25-41-44(33)37-21-11-23-39(47(37)56-41)51-53-49(31-16-5-2-6-17-31)52-50(54-51)38-22-13-27-43-45(38)36-19-8-10-26-42(36)57-43/h1-29H. The van der Waals surface area contributed by atoms with Gasteiger partial charge in [0.05, 0.1) is 5.56 Å². The largest absolute Gasteiger partial charge is 0.455 e. The third-order valence-corrected chi connectivity index (χ3v) is 12.1. The van der Waals surface area contributed by atoms with Gasteiger partial charge in [-0.2, -0.15) is 0 Å². The van der Waals surface area contributed by atoms with Crippen molar-refractivity contribution in [2.75, 3.05) is 0 Å². The van der Waals surface area contributed by atoms with Gasteiger partial charge in [-0.15, -0.1) is 11.3 Å². The molecule has 0 unspecified atom stereocenters. The van der Waals surface area contributed by atoms with Crippen molar-refractivity contribution in [3.05, 3.63) is 176 Å². The number of para-hydroxylation sites is 2. The molecule has 4 heterocycles. The minimum atomic E-state index is 0.553. The lowest BCUT2D eigenvalue weighted by atomic mass is 9.92. The maximum atomic E-state index is 6.86. The highest BCUT2D eigenvalue weighted by Gasteiger charge is 2.23. The first kappa shape index (κ1) is 31.9. The lowest BCUT2D eigenvalue weighted by Gasteiger charge is -2.10. The van der Waals surface area contributed by atoms with E-state index in [4.69, 9.17) is 23.8 Å². The van der Waals surface area contributed by atoms with Crippen molar-refractivity contribution in [2.45, 2.75) is 0 Å². The lowest BCUT2D eigenvalue weighted by Crippen LogP contribution is -2.00. The van der Waals surface area contributed by atoms with Crippen LogP contribution in [-0.2, 0) is 0 Å². The van der Waals surface area contributed by atoms with Gasteiger partial charge < -0.3 is 8.83 Å². The van der Waals surface area contributed by atoms with Crippen LogP contribution in [0.1, 0.15) is 0 Å². The molecule has 0 fully saturated rings. The van der Waals surface area contributed by atoms with Crippen LogP contribution in [-0.4, -0.2) is 15.0 Å². The average Bonchev–Trinajstić information content (AvgIpc) is 3.98. The quantitative estimate of drug-likeness (QED) is 0.175. The summed E-state index contributed by atoms with van der Waals surface area (Å²) in [5.74, 6) is 1.78. The SMILES string of the molecule is c1ccc(-c2nc(-c3cccc4c3oc3cccc(-c5ccc(-c6ccccc6)c6oc7ccccc7c56)c34)nc(-c3cccc4sc5ccccc5c34)n2)cc1. The second-order valence-corrected chi connectivity index (χ2v) is 15.3. The molecular weight excluding hydrogens is 719 g/mol. The van der Waals surface area contributed by atoms with Crippen LogP contribution < -0.4 is 0 Å². The Morgan fingerprint density at radius 1 is 0.316 bits per heavy atom. The lowest BCUT2D eigenvalue weighted by molar-refractivity contribution is 0.669. The molecule has 0 atom stereocenters. The maximum Gasteiger partial charge on any atom is 0.167 e. The second kappa shape index (κ2) is 12.6. The van der Waals surface area contributed by atoms with Crippen LogP contribution in [0.15, 0.2) is 185 Å². The van der Waals surface area contributed by atoms with E-state index in [0.717, 1.165) is 88.2 Å². The van der Waals surface area contributed by atoms with Gasteiger partial charge >= 0.3 is 0 Å². The van der Waals surface area contributed by atoms with Gasteiger partial charge in [0.2, 0.25) is 0 Å². The number of thiophene rings is 1. The Labute approximate surface area is 330 Å². The van der Waals surface area contributed by atoms with Gasteiger partial charge in [-0.05, 0) is 53.1 Å². The zero-order valence-corrected chi connectivity index (χ0v) is 31.1. The van der Waals surface area contributed by atoms with Crippen molar-refractivity contribution in [2.24, 2.45) is 0 Å².